The molecule has 0 aliphatic carbocycles. The fraction of sp³-hybridized carbons (Fsp3) is 0.500. The molecule has 8 heavy (non-hydrogen) atoms. The van der Waals surface area contributed by atoms with Crippen LogP contribution in [-0.2, 0) is 0 Å². The molecule has 0 fully saturated rings. The van der Waals surface area contributed by atoms with Gasteiger partial charge in [0.1, 0.15) is 0 Å². The van der Waals surface area contributed by atoms with Crippen LogP contribution in [-0.4, -0.2) is 12.9 Å². The lowest BCUT2D eigenvalue weighted by molar-refractivity contribution is 1.41. The van der Waals surface area contributed by atoms with Gasteiger partial charge in [-0.25, -0.2) is 0 Å². The Morgan fingerprint density at radius 3 is 2.50 bits per heavy atom. The number of nitrogens with zero attached hydrogens (tertiary/aromatic N) is 1. The van der Waals surface area contributed by atoms with E-state index in [1.807, 2.05) is 12.3 Å². The minimum Gasteiger partial charge on any atom is -0.273 e. The van der Waals surface area contributed by atoms with E-state index in [0.29, 0.717) is 8.73 Å². The van der Waals surface area contributed by atoms with E-state index in [4.69, 9.17) is 0 Å². The van der Waals surface area contributed by atoms with E-state index < -0.39 is 0 Å². The monoisotopic (exact) mass is 129 g/mol. The molecule has 0 aliphatic heterocycles. The molecule has 2 heteroatoms. The predicted molar refractivity (Wildman–Crippen MR) is 42.2 cm³/mol. The third-order valence-electron chi connectivity index (χ3n) is 0.612. The van der Waals surface area contributed by atoms with Crippen LogP contribution < -0.4 is 0 Å². The average Bonchev–Trinajstić information content (AvgIpc) is 1.66. The van der Waals surface area contributed by atoms with Gasteiger partial charge in [0.2, 0.25) is 0 Å². The molecule has 0 aromatic rings. The van der Waals surface area contributed by atoms with Crippen LogP contribution in [0.15, 0.2) is 16.4 Å². The smallest absolute Gasteiger partial charge is 0.0252 e. The Bertz CT molecular complexity index is 101. The van der Waals surface area contributed by atoms with Gasteiger partial charge in [0.25, 0.3) is 0 Å². The van der Waals surface area contributed by atoms with Crippen LogP contribution >= 0.6 is 8.73 Å². The van der Waals surface area contributed by atoms with E-state index in [1.54, 1.807) is 0 Å². The quantitative estimate of drug-likeness (QED) is 0.400. The highest BCUT2D eigenvalue weighted by atomic mass is 31.1. The maximum atomic E-state index is 4.04. The summed E-state index contributed by atoms with van der Waals surface area (Å²) < 4.78 is 4.04. The molecule has 0 radical (unpaired) electrons. The molecule has 0 bridgehead atoms. The summed E-state index contributed by atoms with van der Waals surface area (Å²) in [6.07, 6.45) is 3.87. The fourth-order valence-corrected chi connectivity index (χ4v) is 0.484. The first-order valence-electron chi connectivity index (χ1n) is 2.60. The first-order valence-corrected chi connectivity index (χ1v) is 4.05. The van der Waals surface area contributed by atoms with Crippen molar-refractivity contribution in [2.75, 3.05) is 6.66 Å². The van der Waals surface area contributed by atoms with Crippen LogP contribution in [0, 0.1) is 0 Å². The van der Waals surface area contributed by atoms with Crippen molar-refractivity contribution in [3.05, 3.63) is 11.6 Å². The fourth-order valence-electron chi connectivity index (χ4n) is 0.261. The largest absolute Gasteiger partial charge is 0.273 e. The topological polar surface area (TPSA) is 12.4 Å². The molecule has 1 atom stereocenters. The number of hydrogen-bond acceptors (Lipinski definition) is 1. The minimum atomic E-state index is 0.682. The van der Waals surface area contributed by atoms with Gasteiger partial charge in [0.05, 0.1) is 0 Å². The van der Waals surface area contributed by atoms with Crippen molar-refractivity contribution in [2.24, 2.45) is 4.76 Å². The van der Waals surface area contributed by atoms with E-state index in [9.17, 15) is 0 Å². The van der Waals surface area contributed by atoms with Gasteiger partial charge in [0, 0.05) is 6.21 Å². The number of allylic oxidation sites excluding steroid dienone is 2. The zero-order valence-electron chi connectivity index (χ0n) is 5.60. The van der Waals surface area contributed by atoms with Gasteiger partial charge in [0.15, 0.2) is 0 Å². The van der Waals surface area contributed by atoms with Crippen LogP contribution in [0.4, 0.5) is 0 Å². The second-order valence-corrected chi connectivity index (χ2v) is 2.45. The van der Waals surface area contributed by atoms with Crippen LogP contribution in [0.1, 0.15) is 13.8 Å². The maximum Gasteiger partial charge on any atom is 0.0252 e. The second-order valence-electron chi connectivity index (χ2n) is 1.75. The number of rotatable bonds is 2. The Labute approximate surface area is 52.7 Å². The standard InChI is InChI=1S/C6H12NP/c1-6(2)4-5-7-8-3/h4-5,8H,1-3H3/b7-5+. The maximum absolute atomic E-state index is 4.04. The lowest BCUT2D eigenvalue weighted by Gasteiger charge is -1.80. The first-order chi connectivity index (χ1) is 3.77. The second kappa shape index (κ2) is 4.99. The zero-order chi connectivity index (χ0) is 6.41. The van der Waals surface area contributed by atoms with Gasteiger partial charge in [-0.2, -0.15) is 0 Å². The van der Waals surface area contributed by atoms with Gasteiger partial charge in [-0.15, -0.1) is 0 Å². The third kappa shape index (κ3) is 5.84. The van der Waals surface area contributed by atoms with Crippen molar-refractivity contribution in [1.82, 2.24) is 0 Å². The van der Waals surface area contributed by atoms with Crippen LogP contribution in [0.2, 0.25) is 0 Å². The molecule has 0 aromatic carbocycles. The molecule has 0 aromatic heterocycles. The molecular weight excluding hydrogens is 117 g/mol. The summed E-state index contributed by atoms with van der Waals surface area (Å²) in [5.41, 5.74) is 1.30. The Kier molecular flexibility index (Phi) is 4.89. The van der Waals surface area contributed by atoms with Crippen molar-refractivity contribution in [1.29, 1.82) is 0 Å². The molecule has 0 heterocycles. The van der Waals surface area contributed by atoms with E-state index in [1.165, 1.54) is 5.57 Å². The zero-order valence-corrected chi connectivity index (χ0v) is 6.60. The Morgan fingerprint density at radius 2 is 2.12 bits per heavy atom. The molecule has 0 aliphatic rings. The van der Waals surface area contributed by atoms with Crippen LogP contribution in [0.25, 0.3) is 0 Å². The SMILES string of the molecule is CP/N=C/C=C(C)C. The first kappa shape index (κ1) is 7.84. The summed E-state index contributed by atoms with van der Waals surface area (Å²) in [5, 5.41) is 0. The normalized spacial score (nSPS) is 11.4. The lowest BCUT2D eigenvalue weighted by atomic mass is 10.3. The Balaban J connectivity index is 3.42. The highest BCUT2D eigenvalue weighted by Gasteiger charge is 1.68. The van der Waals surface area contributed by atoms with Gasteiger partial charge in [-0.3, -0.25) is 4.76 Å². The third-order valence-corrected chi connectivity index (χ3v) is 1.02. The molecule has 1 nitrogen and oxygen atoms in total. The highest BCUT2D eigenvalue weighted by Crippen LogP contribution is 2.00. The molecule has 0 spiro atoms. The van der Waals surface area contributed by atoms with Gasteiger partial charge in [-0.1, -0.05) is 5.57 Å². The Morgan fingerprint density at radius 1 is 1.50 bits per heavy atom. The van der Waals surface area contributed by atoms with E-state index in [2.05, 4.69) is 25.3 Å². The van der Waals surface area contributed by atoms with Crippen molar-refractivity contribution >= 4 is 14.9 Å². The summed E-state index contributed by atoms with van der Waals surface area (Å²) in [6.45, 7) is 6.17. The molecular formula is C6H12NP. The van der Waals surface area contributed by atoms with Crippen LogP contribution in [0.3, 0.4) is 0 Å². The van der Waals surface area contributed by atoms with E-state index in [0.717, 1.165) is 0 Å². The van der Waals surface area contributed by atoms with Crippen LogP contribution in [0.5, 0.6) is 0 Å². The average molecular weight is 129 g/mol. The van der Waals surface area contributed by atoms with Gasteiger partial charge >= 0.3 is 0 Å². The molecule has 0 amide bonds. The van der Waals surface area contributed by atoms with Gasteiger partial charge < -0.3 is 0 Å². The summed E-state index contributed by atoms with van der Waals surface area (Å²) in [4.78, 5) is 0. The van der Waals surface area contributed by atoms with Gasteiger partial charge in [-0.05, 0) is 35.3 Å². The Hall–Kier alpha value is -0.160. The molecule has 0 N–H and O–H groups in total. The molecule has 46 valence electrons. The van der Waals surface area contributed by atoms with E-state index >= 15 is 0 Å². The summed E-state index contributed by atoms with van der Waals surface area (Å²) in [6, 6.07) is 0. The lowest BCUT2D eigenvalue weighted by Crippen LogP contribution is -1.63. The molecule has 1 unspecified atom stereocenters. The number of hydrogen-bond donors (Lipinski definition) is 0. The summed E-state index contributed by atoms with van der Waals surface area (Å²) in [7, 11) is 0.682. The van der Waals surface area contributed by atoms with Crippen molar-refractivity contribution in [3.63, 3.8) is 0 Å². The summed E-state index contributed by atoms with van der Waals surface area (Å²) in [5.74, 6) is 0. The predicted octanol–water partition coefficient (Wildman–Crippen LogP) is 2.25. The van der Waals surface area contributed by atoms with Crippen molar-refractivity contribution < 1.29 is 0 Å². The minimum absolute atomic E-state index is 0.682. The van der Waals surface area contributed by atoms with E-state index in [-0.39, 0.29) is 0 Å². The molecule has 0 saturated heterocycles. The highest BCUT2D eigenvalue weighted by molar-refractivity contribution is 7.35. The summed E-state index contributed by atoms with van der Waals surface area (Å²) >= 11 is 0. The van der Waals surface area contributed by atoms with Crippen molar-refractivity contribution in [2.45, 2.75) is 13.8 Å². The molecule has 0 rings (SSSR count). The molecule has 0 saturated carbocycles. The van der Waals surface area contributed by atoms with Crippen molar-refractivity contribution in [3.8, 4) is 0 Å².